The van der Waals surface area contributed by atoms with Crippen LogP contribution in [0.2, 0.25) is 5.15 Å². The lowest BCUT2D eigenvalue weighted by Crippen LogP contribution is -2.02. The van der Waals surface area contributed by atoms with Gasteiger partial charge in [0.2, 0.25) is 0 Å². The molecule has 23 heavy (non-hydrogen) atoms. The maximum atomic E-state index is 11.8. The quantitative estimate of drug-likeness (QED) is 0.414. The molecule has 2 aromatic heterocycles. The molecule has 0 bridgehead atoms. The second kappa shape index (κ2) is 6.67. The first-order valence-electron chi connectivity index (χ1n) is 7.14. The summed E-state index contributed by atoms with van der Waals surface area (Å²) < 4.78 is 7.15. The van der Waals surface area contributed by atoms with Gasteiger partial charge < -0.3 is 9.30 Å². The predicted octanol–water partition coefficient (Wildman–Crippen LogP) is 3.98. The normalized spacial score (nSPS) is 11.2. The molecule has 0 N–H and O–H groups in total. The summed E-state index contributed by atoms with van der Waals surface area (Å²) in [5.74, 6) is -0.421. The van der Waals surface area contributed by atoms with E-state index in [0.29, 0.717) is 10.7 Å². The van der Waals surface area contributed by atoms with E-state index < -0.39 is 5.97 Å². The van der Waals surface area contributed by atoms with E-state index in [2.05, 4.69) is 4.98 Å². The van der Waals surface area contributed by atoms with Gasteiger partial charge in [-0.1, -0.05) is 29.8 Å². The highest BCUT2D eigenvalue weighted by molar-refractivity contribution is 6.30. The minimum absolute atomic E-state index is 0.0903. The van der Waals surface area contributed by atoms with Crippen LogP contribution >= 0.6 is 11.6 Å². The van der Waals surface area contributed by atoms with E-state index in [1.165, 1.54) is 6.08 Å². The Labute approximate surface area is 139 Å². The van der Waals surface area contributed by atoms with Crippen LogP contribution in [0.15, 0.2) is 54.7 Å². The van der Waals surface area contributed by atoms with Crippen molar-refractivity contribution in [2.75, 3.05) is 0 Å². The highest BCUT2D eigenvalue weighted by atomic mass is 35.5. The highest BCUT2D eigenvalue weighted by Crippen LogP contribution is 2.21. The lowest BCUT2D eigenvalue weighted by atomic mass is 10.2. The minimum atomic E-state index is -0.421. The number of halogens is 1. The van der Waals surface area contributed by atoms with E-state index in [9.17, 15) is 4.79 Å². The molecule has 5 heteroatoms. The Kier molecular flexibility index (Phi) is 4.44. The number of nitrogens with zero attached hydrogens (tertiary/aromatic N) is 2. The first-order chi connectivity index (χ1) is 11.1. The number of aryl methyl sites for hydroxylation is 1. The number of aromatic nitrogens is 2. The summed E-state index contributed by atoms with van der Waals surface area (Å²) in [5, 5.41) is 1.31. The Balaban J connectivity index is 1.68. The van der Waals surface area contributed by atoms with Crippen molar-refractivity contribution in [3.05, 3.63) is 71.1 Å². The van der Waals surface area contributed by atoms with Crippen molar-refractivity contribution in [2.24, 2.45) is 7.05 Å². The summed E-state index contributed by atoms with van der Waals surface area (Å²) in [5.41, 5.74) is 2.43. The molecule has 0 aliphatic heterocycles. The predicted molar refractivity (Wildman–Crippen MR) is 91.0 cm³/mol. The van der Waals surface area contributed by atoms with Crippen molar-refractivity contribution in [3.63, 3.8) is 0 Å². The fourth-order valence-corrected chi connectivity index (χ4v) is 2.44. The SMILES string of the molecule is Cn1cccc1/C=C/C(=O)OCc1cc2ccccc2nc1Cl. The van der Waals surface area contributed by atoms with Gasteiger partial charge in [0.1, 0.15) is 11.8 Å². The fraction of sp³-hybridized carbons (Fsp3) is 0.111. The Morgan fingerprint density at radius 2 is 2.13 bits per heavy atom. The first kappa shape index (κ1) is 15.3. The zero-order valence-electron chi connectivity index (χ0n) is 12.6. The molecule has 0 fully saturated rings. The van der Waals surface area contributed by atoms with Gasteiger partial charge >= 0.3 is 5.97 Å². The topological polar surface area (TPSA) is 44.1 Å². The number of benzene rings is 1. The number of fused-ring (bicyclic) bond motifs is 1. The van der Waals surface area contributed by atoms with Crippen LogP contribution in [0, 0.1) is 0 Å². The number of carbonyl (C=O) groups excluding carboxylic acids is 1. The lowest BCUT2D eigenvalue weighted by molar-refractivity contribution is -0.138. The van der Waals surface area contributed by atoms with E-state index in [-0.39, 0.29) is 6.61 Å². The number of esters is 1. The van der Waals surface area contributed by atoms with Crippen LogP contribution in [-0.4, -0.2) is 15.5 Å². The van der Waals surface area contributed by atoms with Crippen molar-refractivity contribution >= 4 is 34.5 Å². The molecule has 0 amide bonds. The summed E-state index contributed by atoms with van der Waals surface area (Å²) >= 11 is 6.14. The van der Waals surface area contributed by atoms with Crippen LogP contribution in [0.25, 0.3) is 17.0 Å². The zero-order valence-corrected chi connectivity index (χ0v) is 13.3. The van der Waals surface area contributed by atoms with Crippen LogP contribution in [-0.2, 0) is 23.2 Å². The van der Waals surface area contributed by atoms with Crippen molar-refractivity contribution in [2.45, 2.75) is 6.61 Å². The van der Waals surface area contributed by atoms with E-state index in [1.54, 1.807) is 6.08 Å². The van der Waals surface area contributed by atoms with Gasteiger partial charge in [0.05, 0.1) is 5.52 Å². The monoisotopic (exact) mass is 326 g/mol. The average molecular weight is 327 g/mol. The maximum absolute atomic E-state index is 11.8. The number of hydrogen-bond donors (Lipinski definition) is 0. The summed E-state index contributed by atoms with van der Waals surface area (Å²) in [4.78, 5) is 16.1. The highest BCUT2D eigenvalue weighted by Gasteiger charge is 2.07. The average Bonchev–Trinajstić information content (AvgIpc) is 2.96. The van der Waals surface area contributed by atoms with E-state index >= 15 is 0 Å². The molecule has 0 saturated heterocycles. The molecule has 0 spiro atoms. The molecule has 2 heterocycles. The summed E-state index contributed by atoms with van der Waals surface area (Å²) in [7, 11) is 1.91. The van der Waals surface area contributed by atoms with Crippen molar-refractivity contribution in [1.29, 1.82) is 0 Å². The third-order valence-electron chi connectivity index (χ3n) is 3.49. The van der Waals surface area contributed by atoms with Crippen LogP contribution in [0.3, 0.4) is 0 Å². The number of rotatable bonds is 4. The van der Waals surface area contributed by atoms with Gasteiger partial charge in [0.15, 0.2) is 0 Å². The molecule has 0 atom stereocenters. The Morgan fingerprint density at radius 1 is 1.30 bits per heavy atom. The van der Waals surface area contributed by atoms with Gasteiger partial charge in [-0.15, -0.1) is 0 Å². The standard InChI is InChI=1S/C18H15ClN2O2/c1-21-10-4-6-15(21)8-9-17(22)23-12-14-11-13-5-2-3-7-16(13)20-18(14)19/h2-11H,12H2,1H3/b9-8+. The van der Waals surface area contributed by atoms with Crippen molar-refractivity contribution in [3.8, 4) is 0 Å². The van der Waals surface area contributed by atoms with Gasteiger partial charge in [0.25, 0.3) is 0 Å². The van der Waals surface area contributed by atoms with E-state index in [1.807, 2.05) is 60.3 Å². The third-order valence-corrected chi connectivity index (χ3v) is 3.82. The largest absolute Gasteiger partial charge is 0.458 e. The molecule has 0 aliphatic carbocycles. The van der Waals surface area contributed by atoms with Crippen LogP contribution in [0.4, 0.5) is 0 Å². The molecule has 4 nitrogen and oxygen atoms in total. The van der Waals surface area contributed by atoms with Crippen LogP contribution < -0.4 is 0 Å². The fourth-order valence-electron chi connectivity index (χ4n) is 2.24. The second-order valence-corrected chi connectivity index (χ2v) is 5.47. The van der Waals surface area contributed by atoms with Crippen LogP contribution in [0.1, 0.15) is 11.3 Å². The number of ether oxygens (including phenoxy) is 1. The van der Waals surface area contributed by atoms with Gasteiger partial charge in [-0.2, -0.15) is 0 Å². The molecule has 0 unspecified atom stereocenters. The van der Waals surface area contributed by atoms with Gasteiger partial charge in [-0.25, -0.2) is 9.78 Å². The molecular formula is C18H15ClN2O2. The van der Waals surface area contributed by atoms with Gasteiger partial charge in [0, 0.05) is 36.0 Å². The zero-order chi connectivity index (χ0) is 16.2. The van der Waals surface area contributed by atoms with Crippen molar-refractivity contribution in [1.82, 2.24) is 9.55 Å². The molecule has 3 aromatic rings. The first-order valence-corrected chi connectivity index (χ1v) is 7.51. The molecule has 3 rings (SSSR count). The smallest absolute Gasteiger partial charge is 0.331 e. The second-order valence-electron chi connectivity index (χ2n) is 5.12. The minimum Gasteiger partial charge on any atom is -0.458 e. The molecular weight excluding hydrogens is 312 g/mol. The molecule has 0 saturated carbocycles. The molecule has 116 valence electrons. The van der Waals surface area contributed by atoms with Gasteiger partial charge in [-0.05, 0) is 30.3 Å². The molecule has 0 aliphatic rings. The Morgan fingerprint density at radius 3 is 2.91 bits per heavy atom. The lowest BCUT2D eigenvalue weighted by Gasteiger charge is -2.06. The number of carbonyl (C=O) groups is 1. The van der Waals surface area contributed by atoms with Crippen LogP contribution in [0.5, 0.6) is 0 Å². The summed E-state index contributed by atoms with van der Waals surface area (Å²) in [6.45, 7) is 0.0903. The number of para-hydroxylation sites is 1. The van der Waals surface area contributed by atoms with E-state index in [4.69, 9.17) is 16.3 Å². The number of pyridine rings is 1. The Hall–Kier alpha value is -2.59. The van der Waals surface area contributed by atoms with Crippen molar-refractivity contribution < 1.29 is 9.53 Å². The third kappa shape index (κ3) is 3.60. The molecule has 1 aromatic carbocycles. The number of hydrogen-bond acceptors (Lipinski definition) is 3. The summed E-state index contributed by atoms with van der Waals surface area (Å²) in [6, 6.07) is 13.4. The van der Waals surface area contributed by atoms with E-state index in [0.717, 1.165) is 16.6 Å². The van der Waals surface area contributed by atoms with Gasteiger partial charge in [-0.3, -0.25) is 0 Å². The maximum Gasteiger partial charge on any atom is 0.331 e. The molecule has 0 radical (unpaired) electrons. The summed E-state index contributed by atoms with van der Waals surface area (Å²) in [6.07, 6.45) is 5.02. The Bertz CT molecular complexity index is 884.